The lowest BCUT2D eigenvalue weighted by molar-refractivity contribution is 0.0924. The van der Waals surface area contributed by atoms with Crippen molar-refractivity contribution in [3.8, 4) is 5.75 Å². The van der Waals surface area contributed by atoms with Crippen molar-refractivity contribution in [2.75, 3.05) is 17.7 Å². The summed E-state index contributed by atoms with van der Waals surface area (Å²) in [6.45, 7) is 0. The first-order valence-corrected chi connectivity index (χ1v) is 5.91. The number of ether oxygens (including phenoxy) is 1. The van der Waals surface area contributed by atoms with Crippen molar-refractivity contribution in [3.63, 3.8) is 0 Å². The summed E-state index contributed by atoms with van der Waals surface area (Å²) in [7, 11) is 1.47. The van der Waals surface area contributed by atoms with E-state index in [9.17, 15) is 9.59 Å². The van der Waals surface area contributed by atoms with Gasteiger partial charge in [0, 0.05) is 12.3 Å². The minimum atomic E-state index is -0.447. The maximum Gasteiger partial charge on any atom is 0.284 e. The molecular formula is C14H11N3O3. The van der Waals surface area contributed by atoms with Gasteiger partial charge in [-0.05, 0) is 24.3 Å². The lowest BCUT2D eigenvalue weighted by Gasteiger charge is -2.15. The molecular weight excluding hydrogens is 258 g/mol. The monoisotopic (exact) mass is 269 g/mol. The Balaban J connectivity index is 2.09. The van der Waals surface area contributed by atoms with E-state index in [2.05, 4.69) is 4.98 Å². The molecule has 0 saturated carbocycles. The topological polar surface area (TPSA) is 85.5 Å². The zero-order valence-corrected chi connectivity index (χ0v) is 10.7. The Morgan fingerprint density at radius 1 is 1.20 bits per heavy atom. The number of nitrogens with two attached hydrogens (primary N) is 1. The van der Waals surface area contributed by atoms with Gasteiger partial charge < -0.3 is 10.5 Å². The Morgan fingerprint density at radius 2 is 2.00 bits per heavy atom. The molecule has 0 aliphatic carbocycles. The summed E-state index contributed by atoms with van der Waals surface area (Å²) in [5.74, 6) is -0.436. The second kappa shape index (κ2) is 4.34. The number of rotatable bonds is 2. The number of nitrogens with zero attached hydrogens (tertiary/aromatic N) is 2. The van der Waals surface area contributed by atoms with Crippen molar-refractivity contribution in [2.24, 2.45) is 0 Å². The molecule has 100 valence electrons. The van der Waals surface area contributed by atoms with E-state index < -0.39 is 11.8 Å². The number of anilines is 2. The second-order valence-corrected chi connectivity index (χ2v) is 4.27. The van der Waals surface area contributed by atoms with Crippen LogP contribution >= 0.6 is 0 Å². The molecule has 2 N–H and O–H groups in total. The molecule has 6 nitrogen and oxygen atoms in total. The maximum atomic E-state index is 12.3. The average Bonchev–Trinajstić information content (AvgIpc) is 2.72. The molecule has 0 saturated heterocycles. The molecule has 2 heterocycles. The highest BCUT2D eigenvalue weighted by atomic mass is 16.5. The third-order valence-corrected chi connectivity index (χ3v) is 3.12. The molecule has 20 heavy (non-hydrogen) atoms. The molecule has 6 heteroatoms. The number of hydrogen-bond donors (Lipinski definition) is 1. The third-order valence-electron chi connectivity index (χ3n) is 3.12. The number of benzene rings is 1. The number of hydrogen-bond acceptors (Lipinski definition) is 5. The molecule has 3 rings (SSSR count). The SMILES string of the molecule is COc1cc(N2C(=O)c3cccnc3C2=O)ccc1N. The van der Waals surface area contributed by atoms with Gasteiger partial charge in [0.05, 0.1) is 24.0 Å². The van der Waals surface area contributed by atoms with Crippen LogP contribution in [0.2, 0.25) is 0 Å². The number of amides is 2. The first-order valence-electron chi connectivity index (χ1n) is 5.91. The fourth-order valence-electron chi connectivity index (χ4n) is 2.14. The van der Waals surface area contributed by atoms with Gasteiger partial charge in [-0.1, -0.05) is 0 Å². The third kappa shape index (κ3) is 1.62. The van der Waals surface area contributed by atoms with E-state index in [0.29, 0.717) is 22.7 Å². The van der Waals surface area contributed by atoms with Gasteiger partial charge in [0.25, 0.3) is 11.8 Å². The standard InChI is InChI=1S/C14H11N3O3/c1-20-11-7-8(4-5-10(11)15)17-13(18)9-3-2-6-16-12(9)14(17)19/h2-7H,15H2,1H3. The predicted molar refractivity (Wildman–Crippen MR) is 72.8 cm³/mol. The van der Waals surface area contributed by atoms with Crippen LogP contribution in [0.4, 0.5) is 11.4 Å². The number of carbonyl (C=O) groups is 2. The fourth-order valence-corrected chi connectivity index (χ4v) is 2.14. The summed E-state index contributed by atoms with van der Waals surface area (Å²) in [4.78, 5) is 29.6. The molecule has 2 amide bonds. The van der Waals surface area contributed by atoms with E-state index in [1.54, 1.807) is 30.3 Å². The molecule has 1 aromatic carbocycles. The van der Waals surface area contributed by atoms with E-state index in [0.717, 1.165) is 4.90 Å². The number of nitrogen functional groups attached to an aromatic ring is 1. The zero-order chi connectivity index (χ0) is 14.3. The van der Waals surface area contributed by atoms with Gasteiger partial charge in [0.2, 0.25) is 0 Å². The van der Waals surface area contributed by atoms with Crippen molar-refractivity contribution < 1.29 is 14.3 Å². The van der Waals surface area contributed by atoms with Crippen molar-refractivity contribution in [1.82, 2.24) is 4.98 Å². The lowest BCUT2D eigenvalue weighted by atomic mass is 10.2. The Kier molecular flexibility index (Phi) is 2.64. The smallest absolute Gasteiger partial charge is 0.284 e. The number of imide groups is 1. The molecule has 1 aliphatic rings. The highest BCUT2D eigenvalue weighted by molar-refractivity contribution is 6.33. The van der Waals surface area contributed by atoms with Crippen LogP contribution in [0, 0.1) is 0 Å². The number of fused-ring (bicyclic) bond motifs is 1. The Bertz CT molecular complexity index is 692. The van der Waals surface area contributed by atoms with Gasteiger partial charge in [0.1, 0.15) is 11.4 Å². The predicted octanol–water partition coefficient (Wildman–Crippen LogP) is 1.47. The van der Waals surface area contributed by atoms with Crippen molar-refractivity contribution in [1.29, 1.82) is 0 Å². The number of methoxy groups -OCH3 is 1. The highest BCUT2D eigenvalue weighted by Crippen LogP contribution is 2.32. The number of pyridine rings is 1. The van der Waals surface area contributed by atoms with Crippen LogP contribution in [-0.4, -0.2) is 23.9 Å². The van der Waals surface area contributed by atoms with Gasteiger partial charge in [-0.25, -0.2) is 4.90 Å². The van der Waals surface area contributed by atoms with Gasteiger partial charge in [-0.2, -0.15) is 0 Å². The van der Waals surface area contributed by atoms with Crippen LogP contribution in [0.3, 0.4) is 0 Å². The van der Waals surface area contributed by atoms with Gasteiger partial charge >= 0.3 is 0 Å². The van der Waals surface area contributed by atoms with Gasteiger partial charge in [-0.3, -0.25) is 14.6 Å². The highest BCUT2D eigenvalue weighted by Gasteiger charge is 2.37. The summed E-state index contributed by atoms with van der Waals surface area (Å²) >= 11 is 0. The minimum Gasteiger partial charge on any atom is -0.495 e. The van der Waals surface area contributed by atoms with Crippen molar-refractivity contribution in [3.05, 3.63) is 47.8 Å². The quantitative estimate of drug-likeness (QED) is 0.659. The summed E-state index contributed by atoms with van der Waals surface area (Å²) in [5, 5.41) is 0. The Labute approximate surface area is 114 Å². The fraction of sp³-hybridized carbons (Fsp3) is 0.0714. The van der Waals surface area contributed by atoms with Crippen LogP contribution in [0.25, 0.3) is 0 Å². The van der Waals surface area contributed by atoms with Crippen LogP contribution < -0.4 is 15.4 Å². The first-order chi connectivity index (χ1) is 9.63. The van der Waals surface area contributed by atoms with Gasteiger partial charge in [-0.15, -0.1) is 0 Å². The number of aromatic nitrogens is 1. The molecule has 2 aromatic rings. The molecule has 1 aliphatic heterocycles. The van der Waals surface area contributed by atoms with Crippen LogP contribution in [-0.2, 0) is 0 Å². The molecule has 0 atom stereocenters. The van der Waals surface area contributed by atoms with Crippen molar-refractivity contribution in [2.45, 2.75) is 0 Å². The Hall–Kier alpha value is -2.89. The molecule has 0 spiro atoms. The van der Waals surface area contributed by atoms with E-state index in [1.165, 1.54) is 13.3 Å². The van der Waals surface area contributed by atoms with Crippen LogP contribution in [0.5, 0.6) is 5.75 Å². The maximum absolute atomic E-state index is 12.3. The molecule has 0 bridgehead atoms. The lowest BCUT2D eigenvalue weighted by Crippen LogP contribution is -2.29. The summed E-state index contributed by atoms with van der Waals surface area (Å²) < 4.78 is 5.10. The van der Waals surface area contributed by atoms with E-state index in [1.807, 2.05) is 0 Å². The average molecular weight is 269 g/mol. The molecule has 0 unspecified atom stereocenters. The largest absolute Gasteiger partial charge is 0.495 e. The molecule has 1 aromatic heterocycles. The van der Waals surface area contributed by atoms with Crippen molar-refractivity contribution >= 4 is 23.2 Å². The summed E-state index contributed by atoms with van der Waals surface area (Å²) in [6.07, 6.45) is 1.48. The minimum absolute atomic E-state index is 0.160. The summed E-state index contributed by atoms with van der Waals surface area (Å²) in [6, 6.07) is 7.94. The molecule has 0 radical (unpaired) electrons. The number of carbonyl (C=O) groups excluding carboxylic acids is 2. The van der Waals surface area contributed by atoms with Gasteiger partial charge in [0.15, 0.2) is 0 Å². The van der Waals surface area contributed by atoms with Crippen LogP contribution in [0.1, 0.15) is 20.8 Å². The first kappa shape index (κ1) is 12.2. The molecule has 0 fully saturated rings. The zero-order valence-electron chi connectivity index (χ0n) is 10.7. The normalized spacial score (nSPS) is 13.6. The Morgan fingerprint density at radius 3 is 2.70 bits per heavy atom. The van der Waals surface area contributed by atoms with Crippen LogP contribution in [0.15, 0.2) is 36.5 Å². The second-order valence-electron chi connectivity index (χ2n) is 4.27. The van der Waals surface area contributed by atoms with E-state index >= 15 is 0 Å². The van der Waals surface area contributed by atoms with E-state index in [4.69, 9.17) is 10.5 Å². The summed E-state index contributed by atoms with van der Waals surface area (Å²) in [5.41, 5.74) is 7.03. The van der Waals surface area contributed by atoms with E-state index in [-0.39, 0.29) is 5.69 Å².